The second-order valence-electron chi connectivity index (χ2n) is 9.80. The zero-order valence-electron chi connectivity index (χ0n) is 22.8. The van der Waals surface area contributed by atoms with Crippen molar-refractivity contribution >= 4 is 34.7 Å². The van der Waals surface area contributed by atoms with E-state index in [0.29, 0.717) is 30.0 Å². The Bertz CT molecular complexity index is 1330. The molecule has 7 nitrogen and oxygen atoms in total. The number of carbonyl (C=O) groups excluding carboxylic acids is 2. The van der Waals surface area contributed by atoms with Crippen LogP contribution in [0.4, 0.5) is 15.8 Å². The fourth-order valence-corrected chi connectivity index (χ4v) is 5.63. The van der Waals surface area contributed by atoms with Crippen molar-refractivity contribution in [1.82, 2.24) is 4.90 Å². The van der Waals surface area contributed by atoms with E-state index in [2.05, 4.69) is 4.90 Å². The van der Waals surface area contributed by atoms with Crippen LogP contribution in [0.2, 0.25) is 0 Å². The van der Waals surface area contributed by atoms with E-state index in [4.69, 9.17) is 4.74 Å². The first-order valence-corrected chi connectivity index (χ1v) is 14.5. The minimum absolute atomic E-state index is 0.0557. The zero-order chi connectivity index (χ0) is 28.6. The summed E-state index contributed by atoms with van der Waals surface area (Å²) in [5, 5.41) is 19.3. The molecule has 0 unspecified atom stereocenters. The van der Waals surface area contributed by atoms with Gasteiger partial charge in [0, 0.05) is 41.8 Å². The number of Topliss-reactive ketones (excluding diaryl/α,β-unsaturated/α-hetero) is 2. The monoisotopic (exact) mass is 566 g/mol. The van der Waals surface area contributed by atoms with Crippen molar-refractivity contribution in [2.45, 2.75) is 30.8 Å². The van der Waals surface area contributed by atoms with Crippen LogP contribution in [0.15, 0.2) is 65.6 Å². The number of para-hydroxylation sites is 1. The summed E-state index contributed by atoms with van der Waals surface area (Å²) in [6.45, 7) is 3.02. The number of aliphatic hydroxyl groups is 2. The maximum Gasteiger partial charge on any atom is 0.191 e. The summed E-state index contributed by atoms with van der Waals surface area (Å²) in [6.07, 6.45) is 3.34. The lowest BCUT2D eigenvalue weighted by atomic mass is 9.99. The van der Waals surface area contributed by atoms with E-state index >= 15 is 0 Å². The number of hydrogen-bond donors (Lipinski definition) is 2. The smallest absolute Gasteiger partial charge is 0.191 e. The van der Waals surface area contributed by atoms with Gasteiger partial charge >= 0.3 is 0 Å². The van der Waals surface area contributed by atoms with Crippen molar-refractivity contribution in [3.63, 3.8) is 0 Å². The SMILES string of the molecule is CSc1cc(-c2ccc(F)c(C(=O)CO)c2)c(OC2CCN(CC(C)=O)CC2)cc1N(CCO)c1ccccc1. The van der Waals surface area contributed by atoms with Crippen LogP contribution in [0.25, 0.3) is 11.1 Å². The van der Waals surface area contributed by atoms with Crippen LogP contribution < -0.4 is 9.64 Å². The first kappa shape index (κ1) is 29.7. The Labute approximate surface area is 238 Å². The Morgan fingerprint density at radius 2 is 1.80 bits per heavy atom. The normalized spacial score (nSPS) is 14.2. The third kappa shape index (κ3) is 7.09. The van der Waals surface area contributed by atoms with Crippen molar-refractivity contribution in [3.05, 3.63) is 72.0 Å². The van der Waals surface area contributed by atoms with E-state index in [1.54, 1.807) is 13.0 Å². The highest BCUT2D eigenvalue weighted by Gasteiger charge is 2.25. The summed E-state index contributed by atoms with van der Waals surface area (Å²) >= 11 is 1.53. The number of aliphatic hydroxyl groups excluding tert-OH is 2. The highest BCUT2D eigenvalue weighted by atomic mass is 32.2. The molecule has 2 N–H and O–H groups in total. The van der Waals surface area contributed by atoms with Crippen molar-refractivity contribution in [1.29, 1.82) is 0 Å². The average Bonchev–Trinajstić information content (AvgIpc) is 2.97. The number of anilines is 2. The summed E-state index contributed by atoms with van der Waals surface area (Å²) < 4.78 is 21.1. The molecule has 0 amide bonds. The first-order valence-electron chi connectivity index (χ1n) is 13.3. The molecule has 4 rings (SSSR count). The van der Waals surface area contributed by atoms with Crippen molar-refractivity contribution in [2.24, 2.45) is 0 Å². The molecule has 9 heteroatoms. The molecule has 0 aliphatic carbocycles. The first-order chi connectivity index (χ1) is 19.3. The van der Waals surface area contributed by atoms with E-state index in [0.717, 1.165) is 42.2 Å². The third-order valence-electron chi connectivity index (χ3n) is 6.96. The van der Waals surface area contributed by atoms with Gasteiger partial charge in [-0.25, -0.2) is 4.39 Å². The molecule has 1 fully saturated rings. The second-order valence-corrected chi connectivity index (χ2v) is 10.7. The molecule has 0 bridgehead atoms. The van der Waals surface area contributed by atoms with Crippen LogP contribution >= 0.6 is 11.8 Å². The molecule has 212 valence electrons. The number of hydrogen-bond acceptors (Lipinski definition) is 8. The van der Waals surface area contributed by atoms with Gasteiger partial charge in [-0.2, -0.15) is 0 Å². The van der Waals surface area contributed by atoms with Gasteiger partial charge in [-0.3, -0.25) is 14.5 Å². The van der Waals surface area contributed by atoms with Crippen LogP contribution in [-0.4, -0.2) is 78.4 Å². The van der Waals surface area contributed by atoms with Gasteiger partial charge in [0.05, 0.1) is 24.4 Å². The van der Waals surface area contributed by atoms with Crippen LogP contribution in [0.3, 0.4) is 0 Å². The Morgan fingerprint density at radius 3 is 2.42 bits per heavy atom. The number of benzene rings is 3. The fourth-order valence-electron chi connectivity index (χ4n) is 5.01. The number of piperidine rings is 1. The minimum Gasteiger partial charge on any atom is -0.490 e. The molecule has 1 saturated heterocycles. The lowest BCUT2D eigenvalue weighted by Gasteiger charge is -2.33. The van der Waals surface area contributed by atoms with Gasteiger partial charge in [-0.05, 0) is 61.9 Å². The molecule has 1 aliphatic heterocycles. The summed E-state index contributed by atoms with van der Waals surface area (Å²) in [5.74, 6) is -0.679. The maximum absolute atomic E-state index is 14.5. The largest absolute Gasteiger partial charge is 0.490 e. The van der Waals surface area contributed by atoms with Crippen LogP contribution in [0, 0.1) is 5.82 Å². The van der Waals surface area contributed by atoms with Gasteiger partial charge in [0.25, 0.3) is 0 Å². The summed E-state index contributed by atoms with van der Waals surface area (Å²) in [6, 6.07) is 18.0. The Balaban J connectivity index is 1.79. The molecule has 0 atom stereocenters. The predicted molar refractivity (Wildman–Crippen MR) is 156 cm³/mol. The van der Waals surface area contributed by atoms with Gasteiger partial charge in [-0.1, -0.05) is 24.3 Å². The summed E-state index contributed by atoms with van der Waals surface area (Å²) in [4.78, 5) is 28.9. The highest BCUT2D eigenvalue weighted by Crippen LogP contribution is 2.43. The number of thioether (sulfide) groups is 1. The van der Waals surface area contributed by atoms with Crippen molar-refractivity contribution in [3.8, 4) is 16.9 Å². The van der Waals surface area contributed by atoms with E-state index in [1.807, 2.05) is 53.6 Å². The van der Waals surface area contributed by atoms with Crippen molar-refractivity contribution < 1.29 is 28.9 Å². The van der Waals surface area contributed by atoms with E-state index in [1.165, 1.54) is 23.9 Å². The molecule has 1 heterocycles. The van der Waals surface area contributed by atoms with Gasteiger partial charge in [-0.15, -0.1) is 11.8 Å². The van der Waals surface area contributed by atoms with Gasteiger partial charge < -0.3 is 19.8 Å². The number of rotatable bonds is 12. The molecule has 3 aromatic rings. The van der Waals surface area contributed by atoms with Crippen LogP contribution in [-0.2, 0) is 4.79 Å². The second kappa shape index (κ2) is 13.9. The van der Waals surface area contributed by atoms with E-state index < -0.39 is 18.2 Å². The Hall–Kier alpha value is -3.24. The van der Waals surface area contributed by atoms with Gasteiger partial charge in [0.15, 0.2) is 5.78 Å². The number of likely N-dealkylation sites (tertiary alicyclic amines) is 1. The number of ether oxygens (including phenoxy) is 1. The van der Waals surface area contributed by atoms with Crippen LogP contribution in [0.1, 0.15) is 30.1 Å². The Morgan fingerprint density at radius 1 is 1.07 bits per heavy atom. The highest BCUT2D eigenvalue weighted by molar-refractivity contribution is 7.98. The topological polar surface area (TPSA) is 90.3 Å². The zero-order valence-corrected chi connectivity index (χ0v) is 23.6. The number of ketones is 2. The molecule has 1 aliphatic rings. The fraction of sp³-hybridized carbons (Fsp3) is 0.355. The summed E-state index contributed by atoms with van der Waals surface area (Å²) in [5.41, 5.74) is 2.89. The van der Waals surface area contributed by atoms with Crippen LogP contribution in [0.5, 0.6) is 5.75 Å². The number of carbonyl (C=O) groups is 2. The lowest BCUT2D eigenvalue weighted by molar-refractivity contribution is -0.118. The van der Waals surface area contributed by atoms with Gasteiger partial charge in [0.2, 0.25) is 0 Å². The molecule has 0 aromatic heterocycles. The number of nitrogens with zero attached hydrogens (tertiary/aromatic N) is 2. The van der Waals surface area contributed by atoms with Gasteiger partial charge in [0.1, 0.15) is 30.1 Å². The third-order valence-corrected chi connectivity index (χ3v) is 7.73. The predicted octanol–water partition coefficient (Wildman–Crippen LogP) is 4.95. The molecule has 0 saturated carbocycles. The maximum atomic E-state index is 14.5. The Kier molecular flexibility index (Phi) is 10.3. The standard InChI is InChI=1S/C31H35FN2O5S/c1-21(37)19-33-12-10-24(11-13-33)39-30-18-28(34(14-15-35)23-6-4-3-5-7-23)31(40-2)17-25(30)22-8-9-27(32)26(16-22)29(38)20-36/h3-9,16-18,24,35-36H,10-15,19-20H2,1-2H3. The summed E-state index contributed by atoms with van der Waals surface area (Å²) in [7, 11) is 0. The van der Waals surface area contributed by atoms with E-state index in [9.17, 15) is 24.2 Å². The molecular formula is C31H35FN2O5S. The molecular weight excluding hydrogens is 531 g/mol. The van der Waals surface area contributed by atoms with E-state index in [-0.39, 0.29) is 24.1 Å². The molecule has 0 radical (unpaired) electrons. The molecule has 0 spiro atoms. The molecule has 40 heavy (non-hydrogen) atoms. The van der Waals surface area contributed by atoms with Crippen molar-refractivity contribution in [2.75, 3.05) is 50.5 Å². The minimum atomic E-state index is -0.787. The molecule has 3 aromatic carbocycles. The lowest BCUT2D eigenvalue weighted by Crippen LogP contribution is -2.40. The average molecular weight is 567 g/mol. The quantitative estimate of drug-likeness (QED) is 0.235. The number of halogens is 1.